The first kappa shape index (κ1) is 21.4. The second-order valence-electron chi connectivity index (χ2n) is 7.11. The van der Waals surface area contributed by atoms with Gasteiger partial charge in [0, 0.05) is 30.9 Å². The molecular formula is C23H23N7OS. The Bertz CT molecular complexity index is 1210. The summed E-state index contributed by atoms with van der Waals surface area (Å²) in [4.78, 5) is 30.5. The van der Waals surface area contributed by atoms with Crippen molar-refractivity contribution in [2.75, 3.05) is 23.7 Å². The van der Waals surface area contributed by atoms with E-state index in [4.69, 9.17) is 0 Å². The third kappa shape index (κ3) is 5.44. The first-order valence-electron chi connectivity index (χ1n) is 10.1. The van der Waals surface area contributed by atoms with Gasteiger partial charge in [0.05, 0.1) is 5.69 Å². The van der Waals surface area contributed by atoms with Crippen molar-refractivity contribution >= 4 is 34.7 Å². The summed E-state index contributed by atoms with van der Waals surface area (Å²) in [7, 11) is 0. The van der Waals surface area contributed by atoms with Gasteiger partial charge in [0.1, 0.15) is 33.7 Å². The number of nitrogens with one attached hydrogen (secondary N) is 3. The normalized spacial score (nSPS) is 10.6. The molecule has 0 radical (unpaired) electrons. The van der Waals surface area contributed by atoms with Crippen molar-refractivity contribution in [1.29, 1.82) is 0 Å². The van der Waals surface area contributed by atoms with Crippen LogP contribution in [0.15, 0.2) is 61.1 Å². The number of thiazole rings is 1. The lowest BCUT2D eigenvalue weighted by Gasteiger charge is -2.09. The van der Waals surface area contributed by atoms with E-state index in [1.165, 1.54) is 17.7 Å². The van der Waals surface area contributed by atoms with Crippen molar-refractivity contribution in [3.63, 3.8) is 0 Å². The Hall–Kier alpha value is -3.85. The van der Waals surface area contributed by atoms with E-state index in [0.29, 0.717) is 29.6 Å². The molecule has 32 heavy (non-hydrogen) atoms. The third-order valence-corrected chi connectivity index (χ3v) is 5.78. The lowest BCUT2D eigenvalue weighted by Crippen LogP contribution is -2.28. The molecule has 1 amide bonds. The fourth-order valence-corrected chi connectivity index (χ4v) is 4.00. The molecule has 0 aliphatic rings. The largest absolute Gasteiger partial charge is 0.368 e. The summed E-state index contributed by atoms with van der Waals surface area (Å²) < 4.78 is 0. The average molecular weight is 446 g/mol. The van der Waals surface area contributed by atoms with Crippen LogP contribution < -0.4 is 16.0 Å². The molecule has 0 saturated carbocycles. The van der Waals surface area contributed by atoms with Crippen LogP contribution in [0.3, 0.4) is 0 Å². The van der Waals surface area contributed by atoms with Crippen LogP contribution in [0.2, 0.25) is 0 Å². The maximum Gasteiger partial charge on any atom is 0.263 e. The number of aromatic nitrogens is 4. The number of nitrogens with zero attached hydrogens (tertiary/aromatic N) is 4. The molecule has 3 N–H and O–H groups in total. The highest BCUT2D eigenvalue weighted by Gasteiger charge is 2.15. The number of benzene rings is 1. The van der Waals surface area contributed by atoms with Gasteiger partial charge in [-0.2, -0.15) is 0 Å². The summed E-state index contributed by atoms with van der Waals surface area (Å²) in [5, 5.41) is 10.1. The lowest BCUT2D eigenvalue weighted by molar-refractivity contribution is 0.0958. The summed E-state index contributed by atoms with van der Waals surface area (Å²) >= 11 is 1.40. The summed E-state index contributed by atoms with van der Waals surface area (Å²) in [5.41, 5.74) is 2.85. The van der Waals surface area contributed by atoms with Crippen LogP contribution in [0.4, 0.5) is 17.5 Å². The number of amides is 1. The minimum absolute atomic E-state index is 0.125. The standard InChI is InChI=1S/C23H23N7OS/c1-15-8-9-24-19(12-15)30-20-13-18(27-14-28-20)25-10-11-26-22(31)21-16(2)29-23(32-21)17-6-4-3-5-7-17/h3-9,12-14H,10-11H2,1-2H3,(H,26,31)(H2,24,25,27,28,30). The maximum absolute atomic E-state index is 12.6. The third-order valence-electron chi connectivity index (χ3n) is 4.58. The van der Waals surface area contributed by atoms with E-state index in [1.54, 1.807) is 12.3 Å². The molecule has 0 unspecified atom stereocenters. The number of pyridine rings is 1. The molecule has 162 valence electrons. The molecule has 8 nitrogen and oxygen atoms in total. The van der Waals surface area contributed by atoms with Gasteiger partial charge in [-0.1, -0.05) is 30.3 Å². The van der Waals surface area contributed by atoms with Crippen molar-refractivity contribution in [3.8, 4) is 10.6 Å². The molecule has 0 atom stereocenters. The monoisotopic (exact) mass is 445 g/mol. The topological polar surface area (TPSA) is 105 Å². The Morgan fingerprint density at radius 3 is 2.53 bits per heavy atom. The Morgan fingerprint density at radius 1 is 0.938 bits per heavy atom. The van der Waals surface area contributed by atoms with Gasteiger partial charge < -0.3 is 16.0 Å². The van der Waals surface area contributed by atoms with Gasteiger partial charge >= 0.3 is 0 Å². The maximum atomic E-state index is 12.6. The van der Waals surface area contributed by atoms with E-state index in [2.05, 4.69) is 35.9 Å². The molecule has 4 aromatic rings. The summed E-state index contributed by atoms with van der Waals surface area (Å²) in [6, 6.07) is 15.5. The molecule has 3 heterocycles. The fourth-order valence-electron chi connectivity index (χ4n) is 3.02. The van der Waals surface area contributed by atoms with Gasteiger partial charge in [-0.3, -0.25) is 4.79 Å². The number of anilines is 3. The minimum atomic E-state index is -0.125. The molecule has 0 aliphatic carbocycles. The molecule has 1 aromatic carbocycles. The van der Waals surface area contributed by atoms with Crippen LogP contribution in [0.1, 0.15) is 20.9 Å². The van der Waals surface area contributed by atoms with Crippen molar-refractivity contribution in [3.05, 3.63) is 77.2 Å². The van der Waals surface area contributed by atoms with Gasteiger partial charge in [-0.05, 0) is 31.5 Å². The first-order chi connectivity index (χ1) is 15.6. The van der Waals surface area contributed by atoms with Crippen molar-refractivity contribution in [1.82, 2.24) is 25.3 Å². The molecule has 0 saturated heterocycles. The highest BCUT2D eigenvalue weighted by molar-refractivity contribution is 7.17. The second-order valence-corrected chi connectivity index (χ2v) is 8.11. The number of rotatable bonds is 8. The van der Waals surface area contributed by atoms with Crippen LogP contribution in [0.5, 0.6) is 0 Å². The summed E-state index contributed by atoms with van der Waals surface area (Å²) in [6.07, 6.45) is 3.22. The van der Waals surface area contributed by atoms with Crippen LogP contribution in [-0.2, 0) is 0 Å². The number of carbonyl (C=O) groups excluding carboxylic acids is 1. The van der Waals surface area contributed by atoms with Crippen molar-refractivity contribution in [2.45, 2.75) is 13.8 Å². The Morgan fingerprint density at radius 2 is 1.72 bits per heavy atom. The van der Waals surface area contributed by atoms with Gasteiger partial charge in [-0.15, -0.1) is 11.3 Å². The molecule has 0 aliphatic heterocycles. The minimum Gasteiger partial charge on any atom is -0.368 e. The van der Waals surface area contributed by atoms with Gasteiger partial charge in [0.2, 0.25) is 0 Å². The van der Waals surface area contributed by atoms with E-state index in [9.17, 15) is 4.79 Å². The Balaban J connectivity index is 1.29. The van der Waals surface area contributed by atoms with E-state index < -0.39 is 0 Å². The van der Waals surface area contributed by atoms with E-state index in [-0.39, 0.29) is 5.91 Å². The van der Waals surface area contributed by atoms with E-state index >= 15 is 0 Å². The molecule has 3 aromatic heterocycles. The highest BCUT2D eigenvalue weighted by atomic mass is 32.1. The van der Waals surface area contributed by atoms with E-state index in [1.807, 2.05) is 56.3 Å². The smallest absolute Gasteiger partial charge is 0.263 e. The van der Waals surface area contributed by atoms with Gasteiger partial charge in [0.15, 0.2) is 0 Å². The number of hydrogen-bond donors (Lipinski definition) is 3. The quantitative estimate of drug-likeness (QED) is 0.349. The lowest BCUT2D eigenvalue weighted by atomic mass is 10.2. The highest BCUT2D eigenvalue weighted by Crippen LogP contribution is 2.27. The number of carbonyl (C=O) groups is 1. The van der Waals surface area contributed by atoms with Crippen LogP contribution in [-0.4, -0.2) is 38.9 Å². The zero-order chi connectivity index (χ0) is 22.3. The Kier molecular flexibility index (Phi) is 6.66. The predicted molar refractivity (Wildman–Crippen MR) is 127 cm³/mol. The van der Waals surface area contributed by atoms with Crippen LogP contribution in [0.25, 0.3) is 10.6 Å². The summed E-state index contributed by atoms with van der Waals surface area (Å²) in [5.74, 6) is 1.89. The number of hydrogen-bond acceptors (Lipinski definition) is 8. The molecule has 9 heteroatoms. The molecule has 0 fully saturated rings. The van der Waals surface area contributed by atoms with Gasteiger partial charge in [0.25, 0.3) is 5.91 Å². The average Bonchev–Trinajstić information content (AvgIpc) is 3.19. The molecule has 0 bridgehead atoms. The second kappa shape index (κ2) is 9.97. The molecule has 0 spiro atoms. The molecular weight excluding hydrogens is 422 g/mol. The molecule has 4 rings (SSSR count). The van der Waals surface area contributed by atoms with Crippen molar-refractivity contribution < 1.29 is 4.79 Å². The van der Waals surface area contributed by atoms with Crippen molar-refractivity contribution in [2.24, 2.45) is 0 Å². The zero-order valence-corrected chi connectivity index (χ0v) is 18.6. The summed E-state index contributed by atoms with van der Waals surface area (Å²) in [6.45, 7) is 4.83. The Labute approximate surface area is 190 Å². The SMILES string of the molecule is Cc1ccnc(Nc2cc(NCCNC(=O)c3sc(-c4ccccc4)nc3C)ncn2)c1. The van der Waals surface area contributed by atoms with Crippen LogP contribution in [0, 0.1) is 13.8 Å². The number of aryl methyl sites for hydroxylation is 2. The first-order valence-corrected chi connectivity index (χ1v) is 11.0. The van der Waals surface area contributed by atoms with Crippen LogP contribution >= 0.6 is 11.3 Å². The van der Waals surface area contributed by atoms with E-state index in [0.717, 1.165) is 27.6 Å². The zero-order valence-electron chi connectivity index (χ0n) is 17.8. The fraction of sp³-hybridized carbons (Fsp3) is 0.174. The predicted octanol–water partition coefficient (Wildman–Crippen LogP) is 4.20. The van der Waals surface area contributed by atoms with Gasteiger partial charge in [-0.25, -0.2) is 19.9 Å².